The molecule has 0 atom stereocenters. The Bertz CT molecular complexity index is 671. The molecule has 1 aromatic carbocycles. The Balaban J connectivity index is 0.00000320. The van der Waals surface area contributed by atoms with Crippen LogP contribution in [0.1, 0.15) is 38.2 Å². The van der Waals surface area contributed by atoms with Crippen molar-refractivity contribution < 1.29 is 14.3 Å². The van der Waals surface area contributed by atoms with E-state index in [0.717, 1.165) is 70.1 Å². The summed E-state index contributed by atoms with van der Waals surface area (Å²) in [6.45, 7) is 5.69. The fraction of sp³-hybridized carbons (Fsp3) is 0.636. The minimum absolute atomic E-state index is 0. The molecule has 2 fully saturated rings. The standard InChI is InChI=1S/C22H34N4O3.HI/c1-3-28-20-11-14-26(15-12-20)22(23-2)24-13-10-17-4-8-19(9-5-17)29-16-21(27)25-18-6-7-18;/h4-5,8-9,18,20H,3,6-7,10-16H2,1-2H3,(H,23,24)(H,25,27);1H. The smallest absolute Gasteiger partial charge is 0.258 e. The van der Waals surface area contributed by atoms with Gasteiger partial charge < -0.3 is 25.0 Å². The van der Waals surface area contributed by atoms with Crippen molar-refractivity contribution in [2.24, 2.45) is 4.99 Å². The first kappa shape index (κ1) is 24.7. The fourth-order valence-electron chi connectivity index (χ4n) is 3.52. The van der Waals surface area contributed by atoms with Gasteiger partial charge in [0.2, 0.25) is 0 Å². The summed E-state index contributed by atoms with van der Waals surface area (Å²) in [6.07, 6.45) is 5.56. The molecule has 2 aliphatic rings. The molecule has 0 spiro atoms. The molecule has 0 unspecified atom stereocenters. The first-order chi connectivity index (χ1) is 14.2. The van der Waals surface area contributed by atoms with Crippen molar-refractivity contribution in [3.63, 3.8) is 0 Å². The van der Waals surface area contributed by atoms with Gasteiger partial charge in [0.25, 0.3) is 5.91 Å². The highest BCUT2D eigenvalue weighted by Crippen LogP contribution is 2.18. The molecular weight excluding hydrogens is 495 g/mol. The van der Waals surface area contributed by atoms with Crippen LogP contribution in [0.3, 0.4) is 0 Å². The summed E-state index contributed by atoms with van der Waals surface area (Å²) in [6, 6.07) is 8.31. The molecule has 1 aromatic rings. The number of likely N-dealkylation sites (tertiary alicyclic amines) is 1. The maximum absolute atomic E-state index is 11.7. The van der Waals surface area contributed by atoms with Crippen LogP contribution in [-0.4, -0.2) is 68.8 Å². The fourth-order valence-corrected chi connectivity index (χ4v) is 3.52. The van der Waals surface area contributed by atoms with Gasteiger partial charge in [-0.05, 0) is 56.7 Å². The lowest BCUT2D eigenvalue weighted by Crippen LogP contribution is -2.47. The first-order valence-electron chi connectivity index (χ1n) is 10.8. The second kappa shape index (κ2) is 13.0. The molecule has 2 N–H and O–H groups in total. The molecule has 1 saturated heterocycles. The van der Waals surface area contributed by atoms with E-state index >= 15 is 0 Å². The molecule has 0 aromatic heterocycles. The summed E-state index contributed by atoms with van der Waals surface area (Å²) in [4.78, 5) is 18.4. The second-order valence-electron chi connectivity index (χ2n) is 7.64. The molecule has 1 amide bonds. The monoisotopic (exact) mass is 530 g/mol. The van der Waals surface area contributed by atoms with Gasteiger partial charge in [0.15, 0.2) is 12.6 Å². The summed E-state index contributed by atoms with van der Waals surface area (Å²) in [5, 5.41) is 6.38. The summed E-state index contributed by atoms with van der Waals surface area (Å²) in [7, 11) is 1.84. The maximum Gasteiger partial charge on any atom is 0.258 e. The van der Waals surface area contributed by atoms with E-state index in [1.165, 1.54) is 5.56 Å². The highest BCUT2D eigenvalue weighted by atomic mass is 127. The summed E-state index contributed by atoms with van der Waals surface area (Å²) in [5.74, 6) is 1.64. The second-order valence-corrected chi connectivity index (χ2v) is 7.64. The van der Waals surface area contributed by atoms with Crippen molar-refractivity contribution in [1.82, 2.24) is 15.5 Å². The van der Waals surface area contributed by atoms with Gasteiger partial charge in [-0.2, -0.15) is 0 Å². The van der Waals surface area contributed by atoms with Crippen molar-refractivity contribution in [3.05, 3.63) is 29.8 Å². The molecule has 0 bridgehead atoms. The molecule has 8 heteroatoms. The van der Waals surface area contributed by atoms with Gasteiger partial charge in [-0.25, -0.2) is 0 Å². The lowest BCUT2D eigenvalue weighted by molar-refractivity contribution is -0.123. The summed E-state index contributed by atoms with van der Waals surface area (Å²) in [5.41, 5.74) is 1.22. The van der Waals surface area contributed by atoms with Crippen molar-refractivity contribution in [1.29, 1.82) is 0 Å². The van der Waals surface area contributed by atoms with E-state index < -0.39 is 0 Å². The lowest BCUT2D eigenvalue weighted by Gasteiger charge is -2.34. The average Bonchev–Trinajstić information content (AvgIpc) is 3.55. The molecule has 30 heavy (non-hydrogen) atoms. The van der Waals surface area contributed by atoms with Crippen LogP contribution in [0.2, 0.25) is 0 Å². The van der Waals surface area contributed by atoms with E-state index in [1.54, 1.807) is 0 Å². The van der Waals surface area contributed by atoms with Crippen LogP contribution in [0.5, 0.6) is 5.75 Å². The minimum Gasteiger partial charge on any atom is -0.484 e. The Morgan fingerprint density at radius 2 is 1.87 bits per heavy atom. The van der Waals surface area contributed by atoms with Crippen molar-refractivity contribution in [2.45, 2.75) is 51.2 Å². The van der Waals surface area contributed by atoms with Crippen LogP contribution >= 0.6 is 24.0 Å². The van der Waals surface area contributed by atoms with E-state index in [9.17, 15) is 4.79 Å². The van der Waals surface area contributed by atoms with Gasteiger partial charge in [-0.3, -0.25) is 9.79 Å². The number of guanidine groups is 1. The SMILES string of the molecule is CCOC1CCN(C(=NC)NCCc2ccc(OCC(=O)NC3CC3)cc2)CC1.I. The van der Waals surface area contributed by atoms with Gasteiger partial charge in [-0.15, -0.1) is 24.0 Å². The number of aliphatic imine (C=N–C) groups is 1. The summed E-state index contributed by atoms with van der Waals surface area (Å²) < 4.78 is 11.3. The number of halogens is 1. The number of carbonyl (C=O) groups is 1. The Kier molecular flexibility index (Phi) is 10.7. The zero-order chi connectivity index (χ0) is 20.5. The molecule has 1 heterocycles. The minimum atomic E-state index is -0.0440. The zero-order valence-corrected chi connectivity index (χ0v) is 20.4. The van der Waals surface area contributed by atoms with E-state index in [1.807, 2.05) is 31.3 Å². The van der Waals surface area contributed by atoms with Crippen molar-refractivity contribution >= 4 is 35.8 Å². The normalized spacial score (nSPS) is 17.3. The molecule has 0 radical (unpaired) electrons. The maximum atomic E-state index is 11.7. The van der Waals surface area contributed by atoms with E-state index in [4.69, 9.17) is 9.47 Å². The Labute approximate surface area is 197 Å². The Hall–Kier alpha value is -1.55. The number of hydrogen-bond acceptors (Lipinski definition) is 4. The average molecular weight is 530 g/mol. The number of carbonyl (C=O) groups excluding carboxylic acids is 1. The van der Waals surface area contributed by atoms with Gasteiger partial charge >= 0.3 is 0 Å². The van der Waals surface area contributed by atoms with Gasteiger partial charge in [0.1, 0.15) is 5.75 Å². The number of nitrogens with zero attached hydrogens (tertiary/aromatic N) is 2. The number of hydrogen-bond donors (Lipinski definition) is 2. The van der Waals surface area contributed by atoms with Crippen LogP contribution in [-0.2, 0) is 16.0 Å². The van der Waals surface area contributed by atoms with Crippen LogP contribution in [0.4, 0.5) is 0 Å². The molecular formula is C22H35IN4O3. The Morgan fingerprint density at radius 3 is 2.47 bits per heavy atom. The van der Waals surface area contributed by atoms with Gasteiger partial charge in [0.05, 0.1) is 6.10 Å². The molecule has 7 nitrogen and oxygen atoms in total. The quantitative estimate of drug-likeness (QED) is 0.292. The summed E-state index contributed by atoms with van der Waals surface area (Å²) >= 11 is 0. The van der Waals surface area contributed by atoms with Crippen molar-refractivity contribution in [3.8, 4) is 5.75 Å². The number of amides is 1. The van der Waals surface area contributed by atoms with E-state index in [-0.39, 0.29) is 36.5 Å². The topological polar surface area (TPSA) is 75.2 Å². The van der Waals surface area contributed by atoms with E-state index in [2.05, 4.69) is 27.4 Å². The van der Waals surface area contributed by atoms with Gasteiger partial charge in [-0.1, -0.05) is 12.1 Å². The number of nitrogens with one attached hydrogen (secondary N) is 2. The van der Waals surface area contributed by atoms with E-state index in [0.29, 0.717) is 12.1 Å². The number of benzene rings is 1. The lowest BCUT2D eigenvalue weighted by atomic mass is 10.1. The predicted octanol–water partition coefficient (Wildman–Crippen LogP) is 2.58. The predicted molar refractivity (Wildman–Crippen MR) is 130 cm³/mol. The molecule has 1 saturated carbocycles. The number of ether oxygens (including phenoxy) is 2. The highest BCUT2D eigenvalue weighted by molar-refractivity contribution is 14.0. The largest absolute Gasteiger partial charge is 0.484 e. The third-order valence-electron chi connectivity index (χ3n) is 5.29. The molecule has 1 aliphatic carbocycles. The molecule has 1 aliphatic heterocycles. The third kappa shape index (κ3) is 8.29. The number of piperidine rings is 1. The van der Waals surface area contributed by atoms with Crippen LogP contribution < -0.4 is 15.4 Å². The molecule has 168 valence electrons. The van der Waals surface area contributed by atoms with Crippen LogP contribution in [0, 0.1) is 0 Å². The van der Waals surface area contributed by atoms with Gasteiger partial charge in [0, 0.05) is 39.3 Å². The third-order valence-corrected chi connectivity index (χ3v) is 5.29. The van der Waals surface area contributed by atoms with Crippen LogP contribution in [0.15, 0.2) is 29.3 Å². The number of rotatable bonds is 9. The van der Waals surface area contributed by atoms with Crippen LogP contribution in [0.25, 0.3) is 0 Å². The first-order valence-corrected chi connectivity index (χ1v) is 10.8. The molecule has 3 rings (SSSR count). The van der Waals surface area contributed by atoms with Crippen molar-refractivity contribution in [2.75, 3.05) is 39.9 Å². The Morgan fingerprint density at radius 1 is 1.17 bits per heavy atom. The highest BCUT2D eigenvalue weighted by Gasteiger charge is 2.23. The zero-order valence-electron chi connectivity index (χ0n) is 18.1.